The molecule has 0 aliphatic heterocycles. The van der Waals surface area contributed by atoms with E-state index in [0.29, 0.717) is 12.1 Å². The molecule has 2 atom stereocenters. The molecule has 2 rings (SSSR count). The van der Waals surface area contributed by atoms with Crippen LogP contribution in [0.2, 0.25) is 0 Å². The van der Waals surface area contributed by atoms with Gasteiger partial charge in [0.05, 0.1) is 0 Å². The Balaban J connectivity index is 1.86. The van der Waals surface area contributed by atoms with Crippen LogP contribution in [-0.2, 0) is 0 Å². The van der Waals surface area contributed by atoms with Crippen molar-refractivity contribution in [2.45, 2.75) is 65.5 Å². The van der Waals surface area contributed by atoms with Crippen molar-refractivity contribution in [3.05, 3.63) is 21.4 Å². The minimum Gasteiger partial charge on any atom is -0.308 e. The fraction of sp³-hybridized carbons (Fsp3) is 0.733. The van der Waals surface area contributed by atoms with Gasteiger partial charge >= 0.3 is 0 Å². The molecule has 0 bridgehead atoms. The van der Waals surface area contributed by atoms with E-state index in [2.05, 4.69) is 39.1 Å². The molecule has 96 valence electrons. The van der Waals surface area contributed by atoms with Crippen molar-refractivity contribution in [1.82, 2.24) is 5.32 Å². The highest BCUT2D eigenvalue weighted by atomic mass is 32.1. The van der Waals surface area contributed by atoms with E-state index < -0.39 is 0 Å². The fourth-order valence-corrected chi connectivity index (χ4v) is 3.92. The lowest BCUT2D eigenvalue weighted by Crippen LogP contribution is -2.32. The zero-order chi connectivity index (χ0) is 12.4. The molecular formula is C15H25NS. The number of thiophene rings is 1. The van der Waals surface area contributed by atoms with Gasteiger partial charge in [-0.05, 0) is 51.7 Å². The summed E-state index contributed by atoms with van der Waals surface area (Å²) >= 11 is 1.91. The highest BCUT2D eigenvalue weighted by molar-refractivity contribution is 7.12. The van der Waals surface area contributed by atoms with Crippen molar-refractivity contribution >= 4 is 11.3 Å². The van der Waals surface area contributed by atoms with Gasteiger partial charge in [-0.25, -0.2) is 0 Å². The topological polar surface area (TPSA) is 12.0 Å². The van der Waals surface area contributed by atoms with Gasteiger partial charge in [-0.3, -0.25) is 0 Å². The fourth-order valence-electron chi connectivity index (χ4n) is 2.89. The van der Waals surface area contributed by atoms with E-state index in [4.69, 9.17) is 0 Å². The van der Waals surface area contributed by atoms with Gasteiger partial charge in [0.1, 0.15) is 0 Å². The van der Waals surface area contributed by atoms with Crippen LogP contribution in [0.3, 0.4) is 0 Å². The third-order valence-corrected chi connectivity index (χ3v) is 4.97. The quantitative estimate of drug-likeness (QED) is 0.807. The Bertz CT molecular complexity index is 365. The van der Waals surface area contributed by atoms with Gasteiger partial charge < -0.3 is 5.32 Å². The summed E-state index contributed by atoms with van der Waals surface area (Å²) in [5.41, 5.74) is 1.49. The van der Waals surface area contributed by atoms with Gasteiger partial charge in [0.25, 0.3) is 0 Å². The predicted octanol–water partition coefficient (Wildman–Crippen LogP) is 4.59. The monoisotopic (exact) mass is 251 g/mol. The van der Waals surface area contributed by atoms with Gasteiger partial charge in [0, 0.05) is 21.8 Å². The van der Waals surface area contributed by atoms with E-state index in [1.165, 1.54) is 41.0 Å². The second-order valence-corrected chi connectivity index (χ2v) is 7.15. The average Bonchev–Trinajstić information content (AvgIpc) is 2.52. The third kappa shape index (κ3) is 3.32. The van der Waals surface area contributed by atoms with E-state index in [1.54, 1.807) is 0 Å². The van der Waals surface area contributed by atoms with Crippen molar-refractivity contribution in [3.63, 3.8) is 0 Å². The third-order valence-electron chi connectivity index (χ3n) is 3.99. The van der Waals surface area contributed by atoms with Crippen LogP contribution in [0.1, 0.15) is 60.9 Å². The maximum absolute atomic E-state index is 3.76. The second kappa shape index (κ2) is 5.53. The van der Waals surface area contributed by atoms with Crippen molar-refractivity contribution in [2.75, 3.05) is 0 Å². The molecule has 1 N–H and O–H groups in total. The summed E-state index contributed by atoms with van der Waals surface area (Å²) < 4.78 is 0. The van der Waals surface area contributed by atoms with E-state index in [1.807, 2.05) is 11.3 Å². The van der Waals surface area contributed by atoms with Crippen LogP contribution < -0.4 is 5.32 Å². The molecule has 2 heteroatoms. The molecule has 0 saturated heterocycles. The number of aryl methyl sites for hydroxylation is 2. The van der Waals surface area contributed by atoms with Crippen LogP contribution in [0.25, 0.3) is 0 Å². The highest BCUT2D eigenvalue weighted by Gasteiger charge is 2.21. The Kier molecular flexibility index (Phi) is 4.26. The summed E-state index contributed by atoms with van der Waals surface area (Å²) in [6.45, 7) is 9.07. The number of rotatable bonds is 5. The molecule has 0 radical (unpaired) electrons. The lowest BCUT2D eigenvalue weighted by atomic mass is 9.81. The van der Waals surface area contributed by atoms with Gasteiger partial charge in [-0.2, -0.15) is 0 Å². The summed E-state index contributed by atoms with van der Waals surface area (Å²) in [5.74, 6) is 0.995. The maximum Gasteiger partial charge on any atom is 0.0305 e. The predicted molar refractivity (Wildman–Crippen MR) is 76.8 cm³/mol. The summed E-state index contributed by atoms with van der Waals surface area (Å²) in [6, 6.07) is 3.48. The lowest BCUT2D eigenvalue weighted by molar-refractivity contribution is 0.259. The van der Waals surface area contributed by atoms with Crippen LogP contribution in [0.4, 0.5) is 0 Å². The van der Waals surface area contributed by atoms with Crippen LogP contribution in [0, 0.1) is 19.8 Å². The van der Waals surface area contributed by atoms with Gasteiger partial charge in [-0.15, -0.1) is 11.3 Å². The molecule has 1 aliphatic carbocycles. The zero-order valence-corrected chi connectivity index (χ0v) is 12.4. The first kappa shape index (κ1) is 13.1. The van der Waals surface area contributed by atoms with Crippen LogP contribution >= 0.6 is 11.3 Å². The molecule has 1 heterocycles. The molecule has 1 saturated carbocycles. The second-order valence-electron chi connectivity index (χ2n) is 5.69. The standard InChI is InChI=1S/C15H25NS/c1-10(8-14-6-5-7-14)16-12(3)15-9-11(2)17-13(15)4/h9-10,12,14,16H,5-8H2,1-4H3. The number of hydrogen-bond donors (Lipinski definition) is 1. The molecule has 1 aromatic heterocycles. The Morgan fingerprint density at radius 1 is 1.35 bits per heavy atom. The first-order valence-corrected chi connectivity index (χ1v) is 7.71. The van der Waals surface area contributed by atoms with E-state index in [9.17, 15) is 0 Å². The molecule has 0 amide bonds. The van der Waals surface area contributed by atoms with Crippen LogP contribution in [-0.4, -0.2) is 6.04 Å². The van der Waals surface area contributed by atoms with Crippen molar-refractivity contribution in [3.8, 4) is 0 Å². The van der Waals surface area contributed by atoms with E-state index in [0.717, 1.165) is 5.92 Å². The molecule has 2 unspecified atom stereocenters. The molecule has 17 heavy (non-hydrogen) atoms. The summed E-state index contributed by atoms with van der Waals surface area (Å²) in [4.78, 5) is 2.90. The molecule has 1 aliphatic rings. The van der Waals surface area contributed by atoms with Crippen molar-refractivity contribution < 1.29 is 0 Å². The molecule has 1 fully saturated rings. The molecular weight excluding hydrogens is 226 g/mol. The Labute approximate surface area is 110 Å². The van der Waals surface area contributed by atoms with Gasteiger partial charge in [-0.1, -0.05) is 19.3 Å². The summed E-state index contributed by atoms with van der Waals surface area (Å²) in [6.07, 6.45) is 5.72. The number of nitrogens with one attached hydrogen (secondary N) is 1. The first-order chi connectivity index (χ1) is 8.06. The molecule has 0 aromatic carbocycles. The average molecular weight is 251 g/mol. The van der Waals surface area contributed by atoms with Gasteiger partial charge in [0.2, 0.25) is 0 Å². The first-order valence-electron chi connectivity index (χ1n) is 6.89. The Hall–Kier alpha value is -0.340. The highest BCUT2D eigenvalue weighted by Crippen LogP contribution is 2.31. The maximum atomic E-state index is 3.76. The van der Waals surface area contributed by atoms with Crippen molar-refractivity contribution in [1.29, 1.82) is 0 Å². The van der Waals surface area contributed by atoms with Crippen LogP contribution in [0.5, 0.6) is 0 Å². The Morgan fingerprint density at radius 2 is 2.06 bits per heavy atom. The normalized spacial score (nSPS) is 20.0. The molecule has 1 aromatic rings. The van der Waals surface area contributed by atoms with E-state index in [-0.39, 0.29) is 0 Å². The van der Waals surface area contributed by atoms with E-state index >= 15 is 0 Å². The van der Waals surface area contributed by atoms with Crippen LogP contribution in [0.15, 0.2) is 6.07 Å². The molecule has 1 nitrogen and oxygen atoms in total. The summed E-state index contributed by atoms with van der Waals surface area (Å²) in [7, 11) is 0. The smallest absolute Gasteiger partial charge is 0.0305 e. The van der Waals surface area contributed by atoms with Gasteiger partial charge in [0.15, 0.2) is 0 Å². The minimum absolute atomic E-state index is 0.495. The largest absolute Gasteiger partial charge is 0.308 e. The minimum atomic E-state index is 0.495. The zero-order valence-electron chi connectivity index (χ0n) is 11.5. The Morgan fingerprint density at radius 3 is 2.53 bits per heavy atom. The number of hydrogen-bond acceptors (Lipinski definition) is 2. The summed E-state index contributed by atoms with van der Waals surface area (Å²) in [5, 5.41) is 3.76. The lowest BCUT2D eigenvalue weighted by Gasteiger charge is -2.30. The SMILES string of the molecule is Cc1cc(C(C)NC(C)CC2CCC2)c(C)s1. The molecule has 0 spiro atoms. The van der Waals surface area contributed by atoms with Crippen molar-refractivity contribution in [2.24, 2.45) is 5.92 Å².